The lowest BCUT2D eigenvalue weighted by Gasteiger charge is -2.45. The minimum absolute atomic E-state index is 0.0582. The number of ether oxygens (including phenoxy) is 1. The molecule has 0 aromatic rings. The standard InChI is InChI=1S/C15H27NO2/c1-3-18-14(17)13(2)16-11-9-15(10-12-16)7-5-4-6-8-15/h13H,3-12H2,1-2H3. The molecule has 1 saturated heterocycles. The molecule has 1 spiro atoms. The van der Waals surface area contributed by atoms with Crippen molar-refractivity contribution in [2.24, 2.45) is 5.41 Å². The van der Waals surface area contributed by atoms with Crippen molar-refractivity contribution < 1.29 is 9.53 Å². The highest BCUT2D eigenvalue weighted by atomic mass is 16.5. The summed E-state index contributed by atoms with van der Waals surface area (Å²) >= 11 is 0. The Kier molecular flexibility index (Phi) is 4.66. The fourth-order valence-corrected chi connectivity index (χ4v) is 3.60. The van der Waals surface area contributed by atoms with Crippen LogP contribution in [0.1, 0.15) is 58.8 Å². The SMILES string of the molecule is CCOC(=O)C(C)N1CCC2(CCCCC2)CC1. The van der Waals surface area contributed by atoms with E-state index in [1.165, 1.54) is 44.9 Å². The van der Waals surface area contributed by atoms with Gasteiger partial charge in [-0.05, 0) is 58.0 Å². The lowest BCUT2D eigenvalue weighted by molar-refractivity contribution is -0.150. The minimum atomic E-state index is -0.0640. The van der Waals surface area contributed by atoms with Crippen LogP contribution in [0.2, 0.25) is 0 Å². The Morgan fingerprint density at radius 2 is 1.78 bits per heavy atom. The van der Waals surface area contributed by atoms with Gasteiger partial charge in [-0.25, -0.2) is 0 Å². The average Bonchev–Trinajstić information content (AvgIpc) is 2.40. The Morgan fingerprint density at radius 3 is 2.33 bits per heavy atom. The van der Waals surface area contributed by atoms with E-state index in [2.05, 4.69) is 4.90 Å². The van der Waals surface area contributed by atoms with Crippen LogP contribution in [0.4, 0.5) is 0 Å². The van der Waals surface area contributed by atoms with Crippen molar-refractivity contribution in [2.75, 3.05) is 19.7 Å². The Balaban J connectivity index is 1.84. The summed E-state index contributed by atoms with van der Waals surface area (Å²) in [6.07, 6.45) is 9.61. The molecule has 3 heteroatoms. The van der Waals surface area contributed by atoms with Crippen LogP contribution in [0.5, 0.6) is 0 Å². The molecule has 1 unspecified atom stereocenters. The molecule has 2 fully saturated rings. The first-order valence-electron chi connectivity index (χ1n) is 7.57. The van der Waals surface area contributed by atoms with Crippen molar-refractivity contribution in [3.63, 3.8) is 0 Å². The maximum atomic E-state index is 11.7. The van der Waals surface area contributed by atoms with Gasteiger partial charge in [-0.15, -0.1) is 0 Å². The van der Waals surface area contributed by atoms with E-state index in [4.69, 9.17) is 4.74 Å². The van der Waals surface area contributed by atoms with Crippen LogP contribution in [-0.4, -0.2) is 36.6 Å². The molecular formula is C15H27NO2. The molecule has 0 radical (unpaired) electrons. The first-order valence-corrected chi connectivity index (χ1v) is 7.57. The summed E-state index contributed by atoms with van der Waals surface area (Å²) in [7, 11) is 0. The zero-order valence-electron chi connectivity index (χ0n) is 11.9. The minimum Gasteiger partial charge on any atom is -0.465 e. The number of hydrogen-bond donors (Lipinski definition) is 0. The van der Waals surface area contributed by atoms with Gasteiger partial charge in [0.1, 0.15) is 6.04 Å². The van der Waals surface area contributed by atoms with Gasteiger partial charge in [0.2, 0.25) is 0 Å². The molecular weight excluding hydrogens is 226 g/mol. The molecule has 0 aromatic heterocycles. The zero-order valence-corrected chi connectivity index (χ0v) is 11.9. The van der Waals surface area contributed by atoms with E-state index >= 15 is 0 Å². The highest BCUT2D eigenvalue weighted by molar-refractivity contribution is 5.75. The number of carbonyl (C=O) groups excluding carboxylic acids is 1. The van der Waals surface area contributed by atoms with Crippen molar-refractivity contribution >= 4 is 5.97 Å². The predicted octanol–water partition coefficient (Wildman–Crippen LogP) is 2.98. The largest absolute Gasteiger partial charge is 0.465 e. The second-order valence-electron chi connectivity index (χ2n) is 6.02. The van der Waals surface area contributed by atoms with Crippen LogP contribution in [0.15, 0.2) is 0 Å². The molecule has 0 aromatic carbocycles. The van der Waals surface area contributed by atoms with Crippen LogP contribution in [0.3, 0.4) is 0 Å². The third kappa shape index (κ3) is 3.05. The summed E-state index contributed by atoms with van der Waals surface area (Å²) in [5.74, 6) is -0.0582. The fourth-order valence-electron chi connectivity index (χ4n) is 3.60. The van der Waals surface area contributed by atoms with Crippen LogP contribution in [0, 0.1) is 5.41 Å². The molecule has 104 valence electrons. The molecule has 0 bridgehead atoms. The third-order valence-corrected chi connectivity index (χ3v) is 4.95. The molecule has 1 atom stereocenters. The lowest BCUT2D eigenvalue weighted by atomic mass is 9.68. The summed E-state index contributed by atoms with van der Waals surface area (Å²) in [5.41, 5.74) is 0.614. The maximum absolute atomic E-state index is 11.7. The predicted molar refractivity (Wildman–Crippen MR) is 72.4 cm³/mol. The molecule has 2 rings (SSSR count). The van der Waals surface area contributed by atoms with Gasteiger partial charge in [-0.2, -0.15) is 0 Å². The first kappa shape index (κ1) is 13.9. The van der Waals surface area contributed by atoms with E-state index < -0.39 is 0 Å². The summed E-state index contributed by atoms with van der Waals surface area (Å²) in [6.45, 7) is 6.48. The van der Waals surface area contributed by atoms with E-state index in [0.717, 1.165) is 13.1 Å². The molecule has 1 aliphatic heterocycles. The van der Waals surface area contributed by atoms with Gasteiger partial charge < -0.3 is 4.74 Å². The van der Waals surface area contributed by atoms with Crippen LogP contribution >= 0.6 is 0 Å². The smallest absolute Gasteiger partial charge is 0.323 e. The fraction of sp³-hybridized carbons (Fsp3) is 0.933. The van der Waals surface area contributed by atoms with Crippen LogP contribution in [0.25, 0.3) is 0 Å². The maximum Gasteiger partial charge on any atom is 0.323 e. The second kappa shape index (κ2) is 6.05. The van der Waals surface area contributed by atoms with Gasteiger partial charge in [0.15, 0.2) is 0 Å². The molecule has 18 heavy (non-hydrogen) atoms. The highest BCUT2D eigenvalue weighted by Crippen LogP contribution is 2.44. The molecule has 1 heterocycles. The number of likely N-dealkylation sites (tertiary alicyclic amines) is 1. The van der Waals surface area contributed by atoms with E-state index in [1.807, 2.05) is 13.8 Å². The molecule has 0 amide bonds. The average molecular weight is 253 g/mol. The van der Waals surface area contributed by atoms with Gasteiger partial charge in [0.25, 0.3) is 0 Å². The summed E-state index contributed by atoms with van der Waals surface area (Å²) in [6, 6.07) is -0.0640. The van der Waals surface area contributed by atoms with E-state index in [1.54, 1.807) is 0 Å². The Labute approximate surface area is 111 Å². The summed E-state index contributed by atoms with van der Waals surface area (Å²) in [4.78, 5) is 14.0. The number of hydrogen-bond acceptors (Lipinski definition) is 3. The molecule has 2 aliphatic rings. The van der Waals surface area contributed by atoms with Crippen molar-refractivity contribution in [3.05, 3.63) is 0 Å². The Morgan fingerprint density at radius 1 is 1.17 bits per heavy atom. The lowest BCUT2D eigenvalue weighted by Crippen LogP contribution is -2.48. The van der Waals surface area contributed by atoms with E-state index in [0.29, 0.717) is 12.0 Å². The molecule has 3 nitrogen and oxygen atoms in total. The van der Waals surface area contributed by atoms with Crippen molar-refractivity contribution in [2.45, 2.75) is 64.8 Å². The van der Waals surface area contributed by atoms with Crippen molar-refractivity contribution in [3.8, 4) is 0 Å². The molecule has 1 aliphatic carbocycles. The zero-order chi connectivity index (χ0) is 13.0. The normalized spacial score (nSPS) is 25.9. The monoisotopic (exact) mass is 253 g/mol. The van der Waals surface area contributed by atoms with E-state index in [-0.39, 0.29) is 12.0 Å². The molecule has 0 N–H and O–H groups in total. The quantitative estimate of drug-likeness (QED) is 0.724. The Hall–Kier alpha value is -0.570. The number of piperidine rings is 1. The topological polar surface area (TPSA) is 29.5 Å². The van der Waals surface area contributed by atoms with Crippen molar-refractivity contribution in [1.82, 2.24) is 4.90 Å². The second-order valence-corrected chi connectivity index (χ2v) is 6.02. The number of esters is 1. The number of nitrogens with zero attached hydrogens (tertiary/aromatic N) is 1. The van der Waals surface area contributed by atoms with Gasteiger partial charge in [0.05, 0.1) is 6.61 Å². The number of rotatable bonds is 3. The third-order valence-electron chi connectivity index (χ3n) is 4.95. The van der Waals surface area contributed by atoms with Crippen LogP contribution < -0.4 is 0 Å². The van der Waals surface area contributed by atoms with Crippen LogP contribution in [-0.2, 0) is 9.53 Å². The molecule has 1 saturated carbocycles. The summed E-state index contributed by atoms with van der Waals surface area (Å²) in [5, 5.41) is 0. The summed E-state index contributed by atoms with van der Waals surface area (Å²) < 4.78 is 5.11. The Bertz CT molecular complexity index is 274. The van der Waals surface area contributed by atoms with E-state index in [9.17, 15) is 4.79 Å². The number of carbonyl (C=O) groups is 1. The van der Waals surface area contributed by atoms with Gasteiger partial charge in [-0.1, -0.05) is 19.3 Å². The van der Waals surface area contributed by atoms with Gasteiger partial charge in [0, 0.05) is 0 Å². The van der Waals surface area contributed by atoms with Gasteiger partial charge >= 0.3 is 5.97 Å². The highest BCUT2D eigenvalue weighted by Gasteiger charge is 2.37. The van der Waals surface area contributed by atoms with Crippen molar-refractivity contribution in [1.29, 1.82) is 0 Å². The first-order chi connectivity index (χ1) is 8.67. The van der Waals surface area contributed by atoms with Gasteiger partial charge in [-0.3, -0.25) is 9.69 Å².